The van der Waals surface area contributed by atoms with E-state index >= 15 is 0 Å². The Balaban J connectivity index is 2.07. The van der Waals surface area contributed by atoms with Crippen molar-refractivity contribution < 1.29 is 14.3 Å². The fourth-order valence-corrected chi connectivity index (χ4v) is 2.48. The van der Waals surface area contributed by atoms with E-state index < -0.39 is 0 Å². The van der Waals surface area contributed by atoms with E-state index in [1.54, 1.807) is 14.2 Å². The molecule has 1 heterocycles. The molecule has 1 unspecified atom stereocenters. The van der Waals surface area contributed by atoms with Crippen LogP contribution in [0.25, 0.3) is 0 Å². The highest BCUT2D eigenvalue weighted by atomic mass is 16.5. The maximum atomic E-state index is 12.4. The van der Waals surface area contributed by atoms with E-state index in [1.165, 1.54) is 0 Å². The number of nitrogens with one attached hydrogen (secondary N) is 1. The summed E-state index contributed by atoms with van der Waals surface area (Å²) in [5, 5.41) is 3.29. The van der Waals surface area contributed by atoms with E-state index in [9.17, 15) is 4.79 Å². The molecule has 1 fully saturated rings. The first kappa shape index (κ1) is 14.7. The summed E-state index contributed by atoms with van der Waals surface area (Å²) in [6.45, 7) is 4.56. The van der Waals surface area contributed by atoms with Crippen molar-refractivity contribution in [2.75, 3.05) is 33.9 Å². The van der Waals surface area contributed by atoms with E-state index in [1.807, 2.05) is 23.1 Å². The van der Waals surface area contributed by atoms with Crippen LogP contribution in [0.3, 0.4) is 0 Å². The zero-order valence-electron chi connectivity index (χ0n) is 12.3. The molecule has 1 saturated heterocycles. The van der Waals surface area contributed by atoms with Gasteiger partial charge in [0, 0.05) is 25.7 Å². The van der Waals surface area contributed by atoms with E-state index in [4.69, 9.17) is 9.47 Å². The fourth-order valence-electron chi connectivity index (χ4n) is 2.48. The van der Waals surface area contributed by atoms with Crippen molar-refractivity contribution in [2.24, 2.45) is 0 Å². The van der Waals surface area contributed by atoms with Crippen LogP contribution in [0.2, 0.25) is 0 Å². The Labute approximate surface area is 119 Å². The summed E-state index contributed by atoms with van der Waals surface area (Å²) in [6.07, 6.45) is 0.394. The Morgan fingerprint density at radius 1 is 1.35 bits per heavy atom. The molecule has 1 aliphatic heterocycles. The van der Waals surface area contributed by atoms with Gasteiger partial charge in [0.1, 0.15) is 0 Å². The highest BCUT2D eigenvalue weighted by molar-refractivity contribution is 5.79. The smallest absolute Gasteiger partial charge is 0.227 e. The molecule has 0 bridgehead atoms. The molecule has 2 rings (SSSR count). The lowest BCUT2D eigenvalue weighted by molar-refractivity contribution is -0.133. The third kappa shape index (κ3) is 3.22. The van der Waals surface area contributed by atoms with E-state index in [2.05, 4.69) is 12.2 Å². The van der Waals surface area contributed by atoms with Gasteiger partial charge in [0.05, 0.1) is 20.6 Å². The SMILES string of the molecule is COc1ccc(CC(=O)N2CCNCC2C)cc1OC. The molecule has 1 N–H and O–H groups in total. The van der Waals surface area contributed by atoms with Crippen LogP contribution in [0.5, 0.6) is 11.5 Å². The monoisotopic (exact) mass is 278 g/mol. The Morgan fingerprint density at radius 2 is 2.10 bits per heavy atom. The van der Waals surface area contributed by atoms with Crippen molar-refractivity contribution >= 4 is 5.91 Å². The Hall–Kier alpha value is -1.75. The van der Waals surface area contributed by atoms with Gasteiger partial charge in [0.25, 0.3) is 0 Å². The normalized spacial score (nSPS) is 18.8. The largest absolute Gasteiger partial charge is 0.493 e. The van der Waals surface area contributed by atoms with Crippen LogP contribution in [0.4, 0.5) is 0 Å². The van der Waals surface area contributed by atoms with E-state index in [0.29, 0.717) is 17.9 Å². The quantitative estimate of drug-likeness (QED) is 0.895. The predicted molar refractivity (Wildman–Crippen MR) is 77.3 cm³/mol. The first-order valence-corrected chi connectivity index (χ1v) is 6.86. The molecule has 20 heavy (non-hydrogen) atoms. The highest BCUT2D eigenvalue weighted by Crippen LogP contribution is 2.27. The number of hydrogen-bond acceptors (Lipinski definition) is 4. The molecule has 5 nitrogen and oxygen atoms in total. The third-order valence-electron chi connectivity index (χ3n) is 3.62. The van der Waals surface area contributed by atoms with Crippen LogP contribution in [-0.4, -0.2) is 50.7 Å². The van der Waals surface area contributed by atoms with Crippen LogP contribution in [-0.2, 0) is 11.2 Å². The van der Waals surface area contributed by atoms with Crippen molar-refractivity contribution in [1.29, 1.82) is 0 Å². The highest BCUT2D eigenvalue weighted by Gasteiger charge is 2.23. The molecule has 0 saturated carbocycles. The van der Waals surface area contributed by atoms with Gasteiger partial charge in [-0.25, -0.2) is 0 Å². The fraction of sp³-hybridized carbons (Fsp3) is 0.533. The first-order valence-electron chi connectivity index (χ1n) is 6.86. The summed E-state index contributed by atoms with van der Waals surface area (Å²) in [4.78, 5) is 14.3. The molecule has 1 aromatic rings. The second kappa shape index (κ2) is 6.61. The van der Waals surface area contributed by atoms with Gasteiger partial charge in [-0.2, -0.15) is 0 Å². The number of methoxy groups -OCH3 is 2. The molecular formula is C15H22N2O3. The Bertz CT molecular complexity index is 476. The average Bonchev–Trinajstić information content (AvgIpc) is 2.47. The second-order valence-electron chi connectivity index (χ2n) is 5.01. The van der Waals surface area contributed by atoms with Crippen molar-refractivity contribution in [2.45, 2.75) is 19.4 Å². The molecule has 110 valence electrons. The number of nitrogens with zero attached hydrogens (tertiary/aromatic N) is 1. The van der Waals surface area contributed by atoms with Gasteiger partial charge in [-0.1, -0.05) is 6.07 Å². The van der Waals surface area contributed by atoms with E-state index in [0.717, 1.165) is 25.2 Å². The lowest BCUT2D eigenvalue weighted by Crippen LogP contribution is -2.52. The minimum Gasteiger partial charge on any atom is -0.493 e. The van der Waals surface area contributed by atoms with Crippen molar-refractivity contribution in [3.63, 3.8) is 0 Å². The van der Waals surface area contributed by atoms with Gasteiger partial charge in [-0.15, -0.1) is 0 Å². The molecule has 1 atom stereocenters. The van der Waals surface area contributed by atoms with Gasteiger partial charge in [0.2, 0.25) is 5.91 Å². The van der Waals surface area contributed by atoms with Crippen molar-refractivity contribution in [3.05, 3.63) is 23.8 Å². The minimum atomic E-state index is 0.159. The summed E-state index contributed by atoms with van der Waals surface area (Å²) < 4.78 is 10.5. The van der Waals surface area contributed by atoms with Crippen LogP contribution >= 0.6 is 0 Å². The summed E-state index contributed by atoms with van der Waals surface area (Å²) in [7, 11) is 3.20. The van der Waals surface area contributed by atoms with Gasteiger partial charge in [-0.05, 0) is 24.6 Å². The standard InChI is InChI=1S/C15H22N2O3/c1-11-10-16-6-7-17(11)15(18)9-12-4-5-13(19-2)14(8-12)20-3/h4-5,8,11,16H,6-7,9-10H2,1-3H3. The molecular weight excluding hydrogens is 256 g/mol. The zero-order chi connectivity index (χ0) is 14.5. The summed E-state index contributed by atoms with van der Waals surface area (Å²) in [5.41, 5.74) is 0.943. The average molecular weight is 278 g/mol. The number of hydrogen-bond donors (Lipinski definition) is 1. The molecule has 5 heteroatoms. The second-order valence-corrected chi connectivity index (χ2v) is 5.01. The van der Waals surface area contributed by atoms with Crippen molar-refractivity contribution in [3.8, 4) is 11.5 Å². The van der Waals surface area contributed by atoms with Crippen molar-refractivity contribution in [1.82, 2.24) is 10.2 Å². The molecule has 0 aromatic heterocycles. The number of ether oxygens (including phenoxy) is 2. The number of carbonyl (C=O) groups excluding carboxylic acids is 1. The third-order valence-corrected chi connectivity index (χ3v) is 3.62. The lowest BCUT2D eigenvalue weighted by Gasteiger charge is -2.34. The number of benzene rings is 1. The molecule has 1 aliphatic rings. The van der Waals surface area contributed by atoms with Gasteiger partial charge >= 0.3 is 0 Å². The minimum absolute atomic E-state index is 0.159. The molecule has 0 aliphatic carbocycles. The number of carbonyl (C=O) groups is 1. The van der Waals surface area contributed by atoms with E-state index in [-0.39, 0.29) is 11.9 Å². The topological polar surface area (TPSA) is 50.8 Å². The Kier molecular flexibility index (Phi) is 4.84. The maximum absolute atomic E-state index is 12.4. The zero-order valence-corrected chi connectivity index (χ0v) is 12.3. The number of rotatable bonds is 4. The lowest BCUT2D eigenvalue weighted by atomic mass is 10.1. The summed E-state index contributed by atoms with van der Waals surface area (Å²) in [6, 6.07) is 5.86. The van der Waals surface area contributed by atoms with Gasteiger partial charge in [-0.3, -0.25) is 4.79 Å². The van der Waals surface area contributed by atoms with Crippen LogP contribution < -0.4 is 14.8 Å². The molecule has 1 aromatic carbocycles. The number of piperazine rings is 1. The molecule has 1 amide bonds. The summed E-state index contributed by atoms with van der Waals surface area (Å²) >= 11 is 0. The first-order chi connectivity index (χ1) is 9.65. The molecule has 0 radical (unpaired) electrons. The Morgan fingerprint density at radius 3 is 2.75 bits per heavy atom. The number of amides is 1. The molecule has 0 spiro atoms. The van der Waals surface area contributed by atoms with Gasteiger partial charge < -0.3 is 19.7 Å². The van der Waals surface area contributed by atoms with Crippen LogP contribution in [0.15, 0.2) is 18.2 Å². The maximum Gasteiger partial charge on any atom is 0.227 e. The predicted octanol–water partition coefficient (Wildman–Crippen LogP) is 1.07. The summed E-state index contributed by atoms with van der Waals surface area (Å²) in [5.74, 6) is 1.50. The van der Waals surface area contributed by atoms with Crippen LogP contribution in [0.1, 0.15) is 12.5 Å². The van der Waals surface area contributed by atoms with Gasteiger partial charge in [0.15, 0.2) is 11.5 Å². The van der Waals surface area contributed by atoms with Crippen LogP contribution in [0, 0.1) is 0 Å².